The maximum Gasteiger partial charge on any atom is 0.280 e. The van der Waals surface area contributed by atoms with E-state index in [1.165, 1.54) is 11.8 Å². The van der Waals surface area contributed by atoms with Gasteiger partial charge in [-0.25, -0.2) is 4.98 Å². The molecule has 0 aliphatic rings. The van der Waals surface area contributed by atoms with Crippen molar-refractivity contribution in [2.75, 3.05) is 5.75 Å². The van der Waals surface area contributed by atoms with Crippen LogP contribution in [0.4, 0.5) is 0 Å². The van der Waals surface area contributed by atoms with Crippen molar-refractivity contribution in [1.29, 1.82) is 0 Å². The van der Waals surface area contributed by atoms with Crippen LogP contribution < -0.4 is 10.9 Å². The van der Waals surface area contributed by atoms with Crippen LogP contribution in [0, 0.1) is 6.92 Å². The summed E-state index contributed by atoms with van der Waals surface area (Å²) < 4.78 is 3.24. The maximum atomic E-state index is 13.4. The van der Waals surface area contributed by atoms with E-state index in [9.17, 15) is 9.59 Å². The van der Waals surface area contributed by atoms with E-state index >= 15 is 0 Å². The number of hydrogen-bond acceptors (Lipinski definition) is 5. The van der Waals surface area contributed by atoms with E-state index < -0.39 is 0 Å². The Hall–Kier alpha value is -2.32. The Morgan fingerprint density at radius 2 is 2.03 bits per heavy atom. The summed E-state index contributed by atoms with van der Waals surface area (Å²) >= 11 is 7.56. The molecular formula is C20H24ClN5O2S. The number of aromatic nitrogens is 4. The molecule has 0 bridgehead atoms. The minimum Gasteiger partial charge on any atom is -0.353 e. The van der Waals surface area contributed by atoms with E-state index in [1.807, 2.05) is 45.9 Å². The van der Waals surface area contributed by atoms with Gasteiger partial charge in [0.2, 0.25) is 5.91 Å². The first kappa shape index (κ1) is 21.4. The number of benzene rings is 1. The normalized spacial score (nSPS) is 11.4. The second-order valence-corrected chi connectivity index (χ2v) is 8.34. The van der Waals surface area contributed by atoms with Crippen molar-refractivity contribution >= 4 is 40.3 Å². The zero-order chi connectivity index (χ0) is 21.1. The highest BCUT2D eigenvalue weighted by atomic mass is 35.5. The number of amides is 1. The summed E-state index contributed by atoms with van der Waals surface area (Å²) in [5, 5.41) is 8.34. The summed E-state index contributed by atoms with van der Waals surface area (Å²) in [5.74, 6) is 0.0594. The third kappa shape index (κ3) is 4.64. The highest BCUT2D eigenvalue weighted by Gasteiger charge is 2.19. The molecule has 0 fully saturated rings. The number of hydrogen-bond donors (Lipinski definition) is 1. The van der Waals surface area contributed by atoms with Crippen molar-refractivity contribution < 1.29 is 4.79 Å². The van der Waals surface area contributed by atoms with Gasteiger partial charge in [0.25, 0.3) is 5.56 Å². The lowest BCUT2D eigenvalue weighted by Gasteiger charge is -2.14. The third-order valence-electron chi connectivity index (χ3n) is 4.35. The Balaban J connectivity index is 2.09. The van der Waals surface area contributed by atoms with Crippen LogP contribution in [0.2, 0.25) is 5.02 Å². The number of halogens is 1. The second-order valence-electron chi connectivity index (χ2n) is 6.99. The topological polar surface area (TPSA) is 81.8 Å². The molecule has 2 heterocycles. The molecule has 1 N–H and O–H groups in total. The lowest BCUT2D eigenvalue weighted by Crippen LogP contribution is -2.32. The van der Waals surface area contributed by atoms with Crippen LogP contribution in [-0.4, -0.2) is 37.0 Å². The van der Waals surface area contributed by atoms with Gasteiger partial charge in [0.1, 0.15) is 5.52 Å². The number of rotatable bonds is 7. The van der Waals surface area contributed by atoms with Crippen LogP contribution in [0.1, 0.15) is 32.0 Å². The van der Waals surface area contributed by atoms with Gasteiger partial charge < -0.3 is 5.32 Å². The van der Waals surface area contributed by atoms with Crippen LogP contribution in [0.25, 0.3) is 11.0 Å². The predicted molar refractivity (Wildman–Crippen MR) is 117 cm³/mol. The first-order chi connectivity index (χ1) is 13.8. The van der Waals surface area contributed by atoms with Gasteiger partial charge in [-0.15, -0.1) is 0 Å². The number of aryl methyl sites for hydroxylation is 2. The molecule has 3 aromatic rings. The van der Waals surface area contributed by atoms with E-state index in [0.29, 0.717) is 33.5 Å². The van der Waals surface area contributed by atoms with E-state index in [-0.39, 0.29) is 29.8 Å². The van der Waals surface area contributed by atoms with Gasteiger partial charge in [-0.3, -0.25) is 18.8 Å². The van der Waals surface area contributed by atoms with Crippen molar-refractivity contribution in [1.82, 2.24) is 24.6 Å². The molecule has 0 aliphatic carbocycles. The average Bonchev–Trinajstić information content (AvgIpc) is 2.99. The third-order valence-corrected chi connectivity index (χ3v) is 5.69. The lowest BCUT2D eigenvalue weighted by atomic mass is 10.2. The van der Waals surface area contributed by atoms with Gasteiger partial charge in [0.15, 0.2) is 10.7 Å². The quantitative estimate of drug-likeness (QED) is 0.457. The van der Waals surface area contributed by atoms with Gasteiger partial charge >= 0.3 is 0 Å². The molecular weight excluding hydrogens is 410 g/mol. The fraction of sp³-hybridized carbons (Fsp3) is 0.400. The number of carbonyl (C=O) groups is 1. The van der Waals surface area contributed by atoms with E-state index in [1.54, 1.807) is 15.3 Å². The van der Waals surface area contributed by atoms with Crippen molar-refractivity contribution in [3.63, 3.8) is 0 Å². The van der Waals surface area contributed by atoms with Gasteiger partial charge in [0.05, 0.1) is 18.0 Å². The molecule has 0 aliphatic heterocycles. The zero-order valence-electron chi connectivity index (χ0n) is 16.9. The van der Waals surface area contributed by atoms with Crippen molar-refractivity contribution in [2.24, 2.45) is 0 Å². The first-order valence-corrected chi connectivity index (χ1v) is 10.8. The molecule has 3 rings (SSSR count). The van der Waals surface area contributed by atoms with Crippen LogP contribution in [0.3, 0.4) is 0 Å². The molecule has 0 atom stereocenters. The summed E-state index contributed by atoms with van der Waals surface area (Å²) in [6.07, 6.45) is 0. The summed E-state index contributed by atoms with van der Waals surface area (Å²) in [6, 6.07) is 7.44. The molecule has 1 amide bonds. The molecule has 1 aromatic carbocycles. The van der Waals surface area contributed by atoms with Gasteiger partial charge in [-0.1, -0.05) is 41.6 Å². The van der Waals surface area contributed by atoms with Crippen LogP contribution in [0.5, 0.6) is 0 Å². The SMILES string of the molecule is CCn1nc(C)c2nc(SCC(=O)NC(C)C)n(Cc3ccccc3Cl)c(=O)c21. The number of nitrogens with one attached hydrogen (secondary N) is 1. The largest absolute Gasteiger partial charge is 0.353 e. The van der Waals surface area contributed by atoms with Crippen LogP contribution >= 0.6 is 23.4 Å². The highest BCUT2D eigenvalue weighted by molar-refractivity contribution is 7.99. The number of carbonyl (C=O) groups excluding carboxylic acids is 1. The van der Waals surface area contributed by atoms with Crippen LogP contribution in [-0.2, 0) is 17.9 Å². The lowest BCUT2D eigenvalue weighted by molar-refractivity contribution is -0.119. The standard InChI is InChI=1S/C20H24ClN5O2S/c1-5-26-18-17(13(4)24-26)23-20(29-11-16(27)22-12(2)3)25(19(18)28)10-14-8-6-7-9-15(14)21/h6-9,12H,5,10-11H2,1-4H3,(H,22,27). The van der Waals surface area contributed by atoms with E-state index in [0.717, 1.165) is 5.56 Å². The van der Waals surface area contributed by atoms with Crippen molar-refractivity contribution in [3.8, 4) is 0 Å². The molecule has 0 spiro atoms. The summed E-state index contributed by atoms with van der Waals surface area (Å²) in [4.78, 5) is 30.2. The Morgan fingerprint density at radius 1 is 1.31 bits per heavy atom. The number of nitrogens with zero attached hydrogens (tertiary/aromatic N) is 4. The molecule has 29 heavy (non-hydrogen) atoms. The molecule has 7 nitrogen and oxygen atoms in total. The Kier molecular flexibility index (Phi) is 6.64. The van der Waals surface area contributed by atoms with Gasteiger partial charge in [-0.05, 0) is 39.3 Å². The Labute approximate surface area is 178 Å². The predicted octanol–water partition coefficient (Wildman–Crippen LogP) is 3.24. The molecule has 0 saturated heterocycles. The number of thioether (sulfide) groups is 1. The first-order valence-electron chi connectivity index (χ1n) is 9.45. The van der Waals surface area contributed by atoms with Crippen LogP contribution in [0.15, 0.2) is 34.2 Å². The van der Waals surface area contributed by atoms with Gasteiger partial charge in [-0.2, -0.15) is 5.10 Å². The van der Waals surface area contributed by atoms with Gasteiger partial charge in [0, 0.05) is 17.6 Å². The highest BCUT2D eigenvalue weighted by Crippen LogP contribution is 2.23. The van der Waals surface area contributed by atoms with E-state index in [2.05, 4.69) is 10.4 Å². The molecule has 0 radical (unpaired) electrons. The maximum absolute atomic E-state index is 13.4. The van der Waals surface area contributed by atoms with E-state index in [4.69, 9.17) is 16.6 Å². The molecule has 0 unspecified atom stereocenters. The summed E-state index contributed by atoms with van der Waals surface area (Å²) in [6.45, 7) is 8.41. The number of fused-ring (bicyclic) bond motifs is 1. The van der Waals surface area contributed by atoms with Crippen molar-refractivity contribution in [2.45, 2.75) is 52.0 Å². The minimum absolute atomic E-state index is 0.0499. The second kappa shape index (κ2) is 9.00. The molecule has 154 valence electrons. The molecule has 2 aromatic heterocycles. The fourth-order valence-electron chi connectivity index (χ4n) is 3.06. The summed E-state index contributed by atoms with van der Waals surface area (Å²) in [5.41, 5.74) is 2.35. The smallest absolute Gasteiger partial charge is 0.280 e. The Bertz CT molecular complexity index is 1110. The van der Waals surface area contributed by atoms with Crippen molar-refractivity contribution in [3.05, 3.63) is 50.9 Å². The zero-order valence-corrected chi connectivity index (χ0v) is 18.5. The average molecular weight is 434 g/mol. The minimum atomic E-state index is -0.191. The summed E-state index contributed by atoms with van der Waals surface area (Å²) in [7, 11) is 0. The monoisotopic (exact) mass is 433 g/mol. The fourth-order valence-corrected chi connectivity index (χ4v) is 4.06. The molecule has 0 saturated carbocycles. The Morgan fingerprint density at radius 3 is 2.69 bits per heavy atom. The molecule has 9 heteroatoms.